The van der Waals surface area contributed by atoms with E-state index in [1.165, 1.54) is 0 Å². The SMILES string of the molecule is O=C(Nc1cccc(CNc2cn[nH]c2)c1)Nc1cccc(S(F)(F)(F)(F)F)c1. The molecule has 29 heavy (non-hydrogen) atoms. The fourth-order valence-corrected chi connectivity index (χ4v) is 3.10. The summed E-state index contributed by atoms with van der Waals surface area (Å²) in [5.74, 6) is 0. The van der Waals surface area contributed by atoms with E-state index < -0.39 is 26.8 Å². The van der Waals surface area contributed by atoms with E-state index in [4.69, 9.17) is 0 Å². The van der Waals surface area contributed by atoms with E-state index in [1.807, 2.05) is 0 Å². The van der Waals surface area contributed by atoms with E-state index in [2.05, 4.69) is 26.1 Å². The number of carbonyl (C=O) groups is 1. The van der Waals surface area contributed by atoms with Crippen molar-refractivity contribution >= 4 is 33.3 Å². The van der Waals surface area contributed by atoms with Crippen molar-refractivity contribution in [1.29, 1.82) is 0 Å². The summed E-state index contributed by atoms with van der Waals surface area (Å²) in [7, 11) is -9.83. The molecule has 0 bridgehead atoms. The van der Waals surface area contributed by atoms with Crippen LogP contribution < -0.4 is 16.0 Å². The molecule has 0 aliphatic carbocycles. The average Bonchev–Trinajstić information content (AvgIpc) is 3.12. The second kappa shape index (κ2) is 6.65. The number of aromatic nitrogens is 2. The first kappa shape index (κ1) is 20.5. The zero-order chi connectivity index (χ0) is 21.2. The lowest BCUT2D eigenvalue weighted by Crippen LogP contribution is -2.20. The zero-order valence-corrected chi connectivity index (χ0v) is 15.5. The largest absolute Gasteiger partial charge is 0.378 e. The van der Waals surface area contributed by atoms with Crippen LogP contribution in [0.3, 0.4) is 0 Å². The van der Waals surface area contributed by atoms with Crippen LogP contribution in [0.15, 0.2) is 65.8 Å². The van der Waals surface area contributed by atoms with Gasteiger partial charge in [-0.15, -0.1) is 0 Å². The van der Waals surface area contributed by atoms with Gasteiger partial charge in [0.05, 0.1) is 11.9 Å². The normalized spacial score (nSPS) is 13.8. The molecule has 0 unspecified atom stereocenters. The van der Waals surface area contributed by atoms with E-state index in [0.29, 0.717) is 12.2 Å². The van der Waals surface area contributed by atoms with Gasteiger partial charge in [0.2, 0.25) is 0 Å². The summed E-state index contributed by atoms with van der Waals surface area (Å²) in [5, 5.41) is 14.1. The lowest BCUT2D eigenvalue weighted by atomic mass is 10.2. The van der Waals surface area contributed by atoms with Gasteiger partial charge in [0.25, 0.3) is 0 Å². The number of aromatic amines is 1. The standard InChI is InChI=1S/C17H16F5N5OS/c18-29(19,20,21,22)16-6-2-5-14(8-16)27-17(28)26-13-4-1-3-12(7-13)9-23-15-10-24-25-11-15/h1-8,10-11,23H,9H2,(H,24,25)(H2,26,27,28). The van der Waals surface area contributed by atoms with Crippen LogP contribution in [-0.2, 0) is 6.54 Å². The topological polar surface area (TPSA) is 81.8 Å². The first-order chi connectivity index (χ1) is 13.4. The molecular weight excluding hydrogens is 417 g/mol. The Bertz CT molecular complexity index is 1030. The van der Waals surface area contributed by atoms with Crippen LogP contribution in [0, 0.1) is 0 Å². The summed E-state index contributed by atoms with van der Waals surface area (Å²) in [6, 6.07) is 8.18. The van der Waals surface area contributed by atoms with E-state index in [9.17, 15) is 24.2 Å². The van der Waals surface area contributed by atoms with Crippen LogP contribution in [0.25, 0.3) is 0 Å². The lowest BCUT2D eigenvalue weighted by Gasteiger charge is -2.40. The Labute approximate surface area is 162 Å². The van der Waals surface area contributed by atoms with Crippen LogP contribution in [0.5, 0.6) is 0 Å². The number of rotatable bonds is 6. The second-order valence-corrected chi connectivity index (χ2v) is 8.53. The number of hydrogen-bond donors (Lipinski definition) is 4. The maximum absolute atomic E-state index is 12.9. The van der Waals surface area contributed by atoms with Crippen molar-refractivity contribution in [2.24, 2.45) is 0 Å². The monoisotopic (exact) mass is 433 g/mol. The molecule has 3 aromatic rings. The quantitative estimate of drug-likeness (QED) is 0.343. The summed E-state index contributed by atoms with van der Waals surface area (Å²) in [4.78, 5) is 9.98. The van der Waals surface area contributed by atoms with Gasteiger partial charge in [0, 0.05) is 24.1 Å². The molecular formula is C17H16F5N5OS. The Balaban J connectivity index is 1.65. The first-order valence-corrected chi connectivity index (χ1v) is 10.1. The summed E-state index contributed by atoms with van der Waals surface area (Å²) < 4.78 is 64.5. The van der Waals surface area contributed by atoms with Gasteiger partial charge in [-0.1, -0.05) is 37.6 Å². The Morgan fingerprint density at radius 2 is 1.59 bits per heavy atom. The number of carbonyl (C=O) groups excluding carboxylic acids is 1. The summed E-state index contributed by atoms with van der Waals surface area (Å²) in [5.41, 5.74) is 1.54. The highest BCUT2D eigenvalue weighted by Gasteiger charge is 2.65. The molecule has 0 radical (unpaired) electrons. The first-order valence-electron chi connectivity index (χ1n) is 8.13. The Kier molecular flexibility index (Phi) is 4.69. The van der Waals surface area contributed by atoms with Gasteiger partial charge in [0.15, 0.2) is 0 Å². The van der Waals surface area contributed by atoms with E-state index in [1.54, 1.807) is 36.7 Å². The number of urea groups is 1. The van der Waals surface area contributed by atoms with Gasteiger partial charge in [-0.05, 0) is 35.9 Å². The molecule has 2 amide bonds. The molecule has 0 saturated carbocycles. The predicted octanol–water partition coefficient (Wildman–Crippen LogP) is 6.32. The maximum atomic E-state index is 12.9. The average molecular weight is 433 g/mol. The molecule has 1 aromatic heterocycles. The number of nitrogens with zero attached hydrogens (tertiary/aromatic N) is 1. The minimum Gasteiger partial charge on any atom is -0.378 e. The molecule has 0 aliphatic heterocycles. The summed E-state index contributed by atoms with van der Waals surface area (Å²) >= 11 is 0. The zero-order valence-electron chi connectivity index (χ0n) is 14.6. The van der Waals surface area contributed by atoms with Crippen molar-refractivity contribution in [2.45, 2.75) is 11.4 Å². The molecule has 3 rings (SSSR count). The fraction of sp³-hybridized carbons (Fsp3) is 0.0588. The molecule has 2 aromatic carbocycles. The molecule has 12 heteroatoms. The highest BCUT2D eigenvalue weighted by Crippen LogP contribution is 3.02. The van der Waals surface area contributed by atoms with Gasteiger partial charge in [-0.25, -0.2) is 4.79 Å². The van der Waals surface area contributed by atoms with Crippen molar-refractivity contribution in [3.63, 3.8) is 0 Å². The highest BCUT2D eigenvalue weighted by atomic mass is 32.5. The van der Waals surface area contributed by atoms with Crippen molar-refractivity contribution in [3.8, 4) is 0 Å². The summed E-state index contributed by atoms with van der Waals surface area (Å²) in [6.45, 7) is 0.433. The van der Waals surface area contributed by atoms with Crippen LogP contribution in [-0.4, -0.2) is 16.2 Å². The van der Waals surface area contributed by atoms with Crippen LogP contribution >= 0.6 is 10.2 Å². The third-order valence-corrected chi connectivity index (χ3v) is 4.86. The Morgan fingerprint density at radius 1 is 0.931 bits per heavy atom. The minimum atomic E-state index is -9.83. The third-order valence-electron chi connectivity index (χ3n) is 3.72. The minimum absolute atomic E-state index is 0.201. The van der Waals surface area contributed by atoms with E-state index in [0.717, 1.165) is 23.4 Å². The van der Waals surface area contributed by atoms with Crippen molar-refractivity contribution in [1.82, 2.24) is 10.2 Å². The van der Waals surface area contributed by atoms with Crippen LogP contribution in [0.4, 0.5) is 41.3 Å². The van der Waals surface area contributed by atoms with Crippen molar-refractivity contribution in [2.75, 3.05) is 16.0 Å². The predicted molar refractivity (Wildman–Crippen MR) is 103 cm³/mol. The molecule has 4 N–H and O–H groups in total. The highest BCUT2D eigenvalue weighted by molar-refractivity contribution is 8.45. The number of benzene rings is 2. The molecule has 1 heterocycles. The second-order valence-electron chi connectivity index (χ2n) is 6.12. The number of halogens is 5. The third kappa shape index (κ3) is 5.85. The Morgan fingerprint density at radius 3 is 2.21 bits per heavy atom. The van der Waals surface area contributed by atoms with E-state index >= 15 is 0 Å². The Hall–Kier alpha value is -3.28. The van der Waals surface area contributed by atoms with Gasteiger partial charge in [-0.3, -0.25) is 5.10 Å². The van der Waals surface area contributed by atoms with Crippen molar-refractivity contribution < 1.29 is 24.2 Å². The number of nitrogens with one attached hydrogen (secondary N) is 4. The van der Waals surface area contributed by atoms with Gasteiger partial charge < -0.3 is 16.0 Å². The number of H-pyrrole nitrogens is 1. The fourth-order valence-electron chi connectivity index (χ4n) is 2.42. The maximum Gasteiger partial charge on any atom is 0.323 e. The molecule has 0 aliphatic rings. The number of amides is 2. The lowest BCUT2D eigenvalue weighted by molar-refractivity contribution is 0.262. The van der Waals surface area contributed by atoms with Gasteiger partial charge >= 0.3 is 16.3 Å². The molecule has 0 saturated heterocycles. The summed E-state index contributed by atoms with van der Waals surface area (Å²) in [6.07, 6.45) is 3.26. The molecule has 6 nitrogen and oxygen atoms in total. The molecule has 0 fully saturated rings. The molecule has 0 spiro atoms. The smallest absolute Gasteiger partial charge is 0.323 e. The molecule has 156 valence electrons. The van der Waals surface area contributed by atoms with Gasteiger partial charge in [0.1, 0.15) is 4.90 Å². The van der Waals surface area contributed by atoms with E-state index in [-0.39, 0.29) is 12.1 Å². The van der Waals surface area contributed by atoms with Gasteiger partial charge in [-0.2, -0.15) is 5.10 Å². The number of hydrogen-bond acceptors (Lipinski definition) is 3. The molecule has 0 atom stereocenters. The van der Waals surface area contributed by atoms with Crippen LogP contribution in [0.1, 0.15) is 5.56 Å². The number of anilines is 3. The van der Waals surface area contributed by atoms with Crippen LogP contribution in [0.2, 0.25) is 0 Å². The van der Waals surface area contributed by atoms with Crippen molar-refractivity contribution in [3.05, 3.63) is 66.5 Å².